The fourth-order valence-corrected chi connectivity index (χ4v) is 2.10. The summed E-state index contributed by atoms with van der Waals surface area (Å²) < 4.78 is 5.11. The third kappa shape index (κ3) is 4.87. The van der Waals surface area contributed by atoms with Gasteiger partial charge in [0.05, 0.1) is 10.5 Å². The molecule has 2 rings (SSSR count). The second-order valence-electron chi connectivity index (χ2n) is 5.30. The van der Waals surface area contributed by atoms with E-state index in [0.717, 1.165) is 18.9 Å². The summed E-state index contributed by atoms with van der Waals surface area (Å²) in [6.45, 7) is 2.49. The van der Waals surface area contributed by atoms with E-state index in [1.165, 1.54) is 12.1 Å². The van der Waals surface area contributed by atoms with E-state index in [-0.39, 0.29) is 16.9 Å². The Labute approximate surface area is 144 Å². The lowest BCUT2D eigenvalue weighted by Gasteiger charge is -2.08. The number of amides is 1. The van der Waals surface area contributed by atoms with E-state index < -0.39 is 22.5 Å². The van der Waals surface area contributed by atoms with Crippen LogP contribution in [0.5, 0.6) is 5.75 Å². The van der Waals surface area contributed by atoms with Crippen LogP contribution in [0.4, 0.5) is 5.69 Å². The van der Waals surface area contributed by atoms with E-state index in [1.807, 2.05) is 6.92 Å². The van der Waals surface area contributed by atoms with E-state index in [0.29, 0.717) is 6.54 Å². The first kappa shape index (κ1) is 18.1. The summed E-state index contributed by atoms with van der Waals surface area (Å²) in [6.07, 6.45) is 1.75. The highest BCUT2D eigenvalue weighted by molar-refractivity contribution is 5.96. The molecule has 0 aliphatic heterocycles. The molecule has 0 aliphatic carbocycles. The summed E-state index contributed by atoms with van der Waals surface area (Å²) in [4.78, 5) is 34.6. The molecule has 2 aromatic rings. The first-order valence-corrected chi connectivity index (χ1v) is 7.86. The average Bonchev–Trinajstić information content (AvgIpc) is 2.62. The predicted octanol–water partition coefficient (Wildman–Crippen LogP) is 3.34. The number of rotatable bonds is 7. The molecule has 1 amide bonds. The summed E-state index contributed by atoms with van der Waals surface area (Å²) in [5.74, 6) is -1.31. The van der Waals surface area contributed by atoms with Gasteiger partial charge >= 0.3 is 11.7 Å². The molecule has 0 aromatic heterocycles. The average molecular weight is 342 g/mol. The van der Waals surface area contributed by atoms with Crippen molar-refractivity contribution in [3.05, 3.63) is 69.8 Å². The second-order valence-corrected chi connectivity index (χ2v) is 5.30. The topological polar surface area (TPSA) is 98.5 Å². The van der Waals surface area contributed by atoms with Crippen molar-refractivity contribution in [3.8, 4) is 5.75 Å². The van der Waals surface area contributed by atoms with Crippen molar-refractivity contribution < 1.29 is 19.2 Å². The zero-order valence-electron chi connectivity index (χ0n) is 13.7. The number of hydrogen-bond donors (Lipinski definition) is 1. The Balaban J connectivity index is 2.20. The number of esters is 1. The number of hydrogen-bond acceptors (Lipinski definition) is 5. The number of benzene rings is 2. The van der Waals surface area contributed by atoms with Gasteiger partial charge < -0.3 is 10.1 Å². The lowest BCUT2D eigenvalue weighted by atomic mass is 10.1. The van der Waals surface area contributed by atoms with Gasteiger partial charge in [0, 0.05) is 18.2 Å². The minimum absolute atomic E-state index is 0.141. The van der Waals surface area contributed by atoms with Crippen molar-refractivity contribution in [3.63, 3.8) is 0 Å². The molecule has 7 nitrogen and oxygen atoms in total. The SMILES string of the molecule is CCCCNC(=O)c1ccc(OC(=O)c2ccccc2)c([N+](=O)[O-])c1. The molecule has 1 N–H and O–H groups in total. The number of nitro benzene ring substituents is 1. The number of nitrogens with one attached hydrogen (secondary N) is 1. The van der Waals surface area contributed by atoms with Crippen LogP contribution in [-0.4, -0.2) is 23.3 Å². The highest BCUT2D eigenvalue weighted by atomic mass is 16.6. The van der Waals surface area contributed by atoms with E-state index in [2.05, 4.69) is 5.32 Å². The van der Waals surface area contributed by atoms with Crippen LogP contribution in [0.15, 0.2) is 48.5 Å². The first-order chi connectivity index (χ1) is 12.0. The summed E-state index contributed by atoms with van der Waals surface area (Å²) in [5, 5.41) is 13.9. The number of nitrogens with zero attached hydrogens (tertiary/aromatic N) is 1. The molecule has 0 atom stereocenters. The zero-order chi connectivity index (χ0) is 18.2. The number of unbranched alkanes of at least 4 members (excludes halogenated alkanes) is 1. The van der Waals surface area contributed by atoms with Crippen molar-refractivity contribution in [2.75, 3.05) is 6.54 Å². The van der Waals surface area contributed by atoms with E-state index in [1.54, 1.807) is 30.3 Å². The van der Waals surface area contributed by atoms with Crippen molar-refractivity contribution in [2.24, 2.45) is 0 Å². The first-order valence-electron chi connectivity index (χ1n) is 7.86. The molecule has 0 unspecified atom stereocenters. The van der Waals surface area contributed by atoms with Crippen LogP contribution in [0.3, 0.4) is 0 Å². The quantitative estimate of drug-likeness (QED) is 0.273. The van der Waals surface area contributed by atoms with Crippen LogP contribution < -0.4 is 10.1 Å². The van der Waals surface area contributed by atoms with Gasteiger partial charge in [-0.25, -0.2) is 4.79 Å². The molecule has 0 aliphatic rings. The van der Waals surface area contributed by atoms with Crippen molar-refractivity contribution in [2.45, 2.75) is 19.8 Å². The Morgan fingerprint density at radius 1 is 1.12 bits per heavy atom. The maximum Gasteiger partial charge on any atom is 0.343 e. The number of carbonyl (C=O) groups is 2. The molecule has 0 saturated heterocycles. The highest BCUT2D eigenvalue weighted by Gasteiger charge is 2.21. The lowest BCUT2D eigenvalue weighted by Crippen LogP contribution is -2.24. The van der Waals surface area contributed by atoms with Gasteiger partial charge in [0.2, 0.25) is 5.75 Å². The minimum Gasteiger partial charge on any atom is -0.416 e. The Morgan fingerprint density at radius 2 is 1.84 bits per heavy atom. The number of carbonyl (C=O) groups excluding carboxylic acids is 2. The fourth-order valence-electron chi connectivity index (χ4n) is 2.10. The van der Waals surface area contributed by atoms with Crippen molar-refractivity contribution in [1.29, 1.82) is 0 Å². The van der Waals surface area contributed by atoms with Gasteiger partial charge in [-0.05, 0) is 30.7 Å². The second kappa shape index (κ2) is 8.58. The van der Waals surface area contributed by atoms with Gasteiger partial charge in [-0.15, -0.1) is 0 Å². The Kier molecular flexibility index (Phi) is 6.22. The standard InChI is InChI=1S/C18H18N2O5/c1-2-3-11-19-17(21)14-9-10-16(15(12-14)20(23)24)25-18(22)13-7-5-4-6-8-13/h4-10,12H,2-3,11H2,1H3,(H,19,21). The summed E-state index contributed by atoms with van der Waals surface area (Å²) >= 11 is 0. The lowest BCUT2D eigenvalue weighted by molar-refractivity contribution is -0.385. The van der Waals surface area contributed by atoms with Gasteiger partial charge in [-0.3, -0.25) is 14.9 Å². The zero-order valence-corrected chi connectivity index (χ0v) is 13.7. The maximum absolute atomic E-state index is 12.1. The van der Waals surface area contributed by atoms with Gasteiger partial charge in [-0.1, -0.05) is 31.5 Å². The molecule has 0 saturated carbocycles. The van der Waals surface area contributed by atoms with Crippen LogP contribution in [0.1, 0.15) is 40.5 Å². The molecular formula is C18H18N2O5. The van der Waals surface area contributed by atoms with Crippen LogP contribution in [0.25, 0.3) is 0 Å². The normalized spacial score (nSPS) is 10.1. The molecule has 0 heterocycles. The third-order valence-corrected chi connectivity index (χ3v) is 3.45. The third-order valence-electron chi connectivity index (χ3n) is 3.45. The Morgan fingerprint density at radius 3 is 2.48 bits per heavy atom. The summed E-state index contributed by atoms with van der Waals surface area (Å²) in [6, 6.07) is 11.9. The van der Waals surface area contributed by atoms with E-state index >= 15 is 0 Å². The van der Waals surface area contributed by atoms with Crippen LogP contribution in [0.2, 0.25) is 0 Å². The molecular weight excluding hydrogens is 324 g/mol. The molecule has 0 radical (unpaired) electrons. The Hall–Kier alpha value is -3.22. The minimum atomic E-state index is -0.705. The fraction of sp³-hybridized carbons (Fsp3) is 0.222. The number of nitro groups is 1. The largest absolute Gasteiger partial charge is 0.416 e. The molecule has 25 heavy (non-hydrogen) atoms. The molecule has 0 fully saturated rings. The summed E-state index contributed by atoms with van der Waals surface area (Å²) in [7, 11) is 0. The monoisotopic (exact) mass is 342 g/mol. The molecule has 0 bridgehead atoms. The Bertz CT molecular complexity index is 774. The van der Waals surface area contributed by atoms with Crippen molar-refractivity contribution in [1.82, 2.24) is 5.32 Å². The predicted molar refractivity (Wildman–Crippen MR) is 91.7 cm³/mol. The maximum atomic E-state index is 12.1. The highest BCUT2D eigenvalue weighted by Crippen LogP contribution is 2.28. The van der Waals surface area contributed by atoms with Gasteiger partial charge in [0.1, 0.15) is 0 Å². The van der Waals surface area contributed by atoms with Crippen LogP contribution in [0, 0.1) is 10.1 Å². The van der Waals surface area contributed by atoms with Crippen molar-refractivity contribution >= 4 is 17.6 Å². The molecule has 0 spiro atoms. The molecule has 7 heteroatoms. The molecule has 130 valence electrons. The molecule has 2 aromatic carbocycles. The van der Waals surface area contributed by atoms with E-state index in [9.17, 15) is 19.7 Å². The summed E-state index contributed by atoms with van der Waals surface area (Å²) in [5.41, 5.74) is -0.0204. The van der Waals surface area contributed by atoms with Crippen LogP contribution >= 0.6 is 0 Å². The van der Waals surface area contributed by atoms with Gasteiger partial charge in [-0.2, -0.15) is 0 Å². The van der Waals surface area contributed by atoms with E-state index in [4.69, 9.17) is 4.74 Å². The number of ether oxygens (including phenoxy) is 1. The van der Waals surface area contributed by atoms with Crippen LogP contribution in [-0.2, 0) is 0 Å². The smallest absolute Gasteiger partial charge is 0.343 e. The van der Waals surface area contributed by atoms with Gasteiger partial charge in [0.15, 0.2) is 0 Å². The van der Waals surface area contributed by atoms with Gasteiger partial charge in [0.25, 0.3) is 5.91 Å².